The monoisotopic (exact) mass is 508 g/mol. The molecule has 0 bridgehead atoms. The maximum atomic E-state index is 11.7. The molecule has 2 aromatic rings. The summed E-state index contributed by atoms with van der Waals surface area (Å²) in [6.07, 6.45) is 6.60. The molecule has 0 saturated carbocycles. The van der Waals surface area contributed by atoms with Crippen LogP contribution < -0.4 is 5.32 Å². The molecular formula is C26H34Cl2N2O2S. The van der Waals surface area contributed by atoms with Crippen molar-refractivity contribution in [3.05, 3.63) is 62.3 Å². The lowest BCUT2D eigenvalue weighted by molar-refractivity contribution is 0.0702. The predicted octanol–water partition coefficient (Wildman–Crippen LogP) is 5.67. The Bertz CT molecular complexity index is 1000. The Morgan fingerprint density at radius 2 is 1.91 bits per heavy atom. The van der Waals surface area contributed by atoms with E-state index in [2.05, 4.69) is 41.4 Å². The van der Waals surface area contributed by atoms with Gasteiger partial charge < -0.3 is 10.4 Å². The number of carbonyl (C=O) groups is 1. The van der Waals surface area contributed by atoms with E-state index in [1.165, 1.54) is 56.9 Å². The number of carboxylic acids is 1. The molecule has 3 aliphatic rings. The summed E-state index contributed by atoms with van der Waals surface area (Å²) >= 11 is 1.47. The zero-order valence-corrected chi connectivity index (χ0v) is 21.6. The van der Waals surface area contributed by atoms with Gasteiger partial charge in [-0.2, -0.15) is 0 Å². The number of hydrogen-bond donors (Lipinski definition) is 2. The van der Waals surface area contributed by atoms with Crippen molar-refractivity contribution in [1.29, 1.82) is 0 Å². The van der Waals surface area contributed by atoms with Crippen molar-refractivity contribution in [2.45, 2.75) is 51.5 Å². The number of piperidine rings is 1. The van der Waals surface area contributed by atoms with Crippen LogP contribution in [0.3, 0.4) is 0 Å². The fourth-order valence-electron chi connectivity index (χ4n) is 5.96. The molecule has 0 spiro atoms. The molecule has 2 unspecified atom stereocenters. The molecule has 0 amide bonds. The molecule has 2 atom stereocenters. The van der Waals surface area contributed by atoms with Crippen molar-refractivity contribution in [3.63, 3.8) is 0 Å². The molecule has 7 heteroatoms. The molecule has 180 valence electrons. The minimum atomic E-state index is -0.804. The van der Waals surface area contributed by atoms with Crippen LogP contribution in [0.4, 0.5) is 0 Å². The largest absolute Gasteiger partial charge is 0.477 e. The van der Waals surface area contributed by atoms with Gasteiger partial charge in [-0.25, -0.2) is 4.79 Å². The number of hydrogen-bond acceptors (Lipinski definition) is 4. The van der Waals surface area contributed by atoms with Crippen LogP contribution in [0, 0.1) is 5.92 Å². The van der Waals surface area contributed by atoms with E-state index in [0.717, 1.165) is 57.8 Å². The van der Waals surface area contributed by atoms with Gasteiger partial charge in [0.25, 0.3) is 0 Å². The average Bonchev–Trinajstić information content (AvgIpc) is 3.43. The summed E-state index contributed by atoms with van der Waals surface area (Å²) in [7, 11) is 0. The van der Waals surface area contributed by atoms with Gasteiger partial charge in [0.1, 0.15) is 4.88 Å². The number of rotatable bonds is 4. The predicted molar refractivity (Wildman–Crippen MR) is 142 cm³/mol. The van der Waals surface area contributed by atoms with Crippen LogP contribution in [0.15, 0.2) is 35.9 Å². The molecule has 2 aliphatic heterocycles. The Morgan fingerprint density at radius 1 is 1.15 bits per heavy atom. The first-order chi connectivity index (χ1) is 15.2. The van der Waals surface area contributed by atoms with E-state index in [-0.39, 0.29) is 24.8 Å². The van der Waals surface area contributed by atoms with Crippen LogP contribution in [0.1, 0.15) is 63.8 Å². The highest BCUT2D eigenvalue weighted by Gasteiger charge is 2.32. The van der Waals surface area contributed by atoms with Crippen LogP contribution in [-0.4, -0.2) is 48.2 Å². The van der Waals surface area contributed by atoms with Gasteiger partial charge in [-0.05, 0) is 85.9 Å². The van der Waals surface area contributed by atoms with E-state index in [1.54, 1.807) is 0 Å². The van der Waals surface area contributed by atoms with Gasteiger partial charge in [-0.15, -0.1) is 36.2 Å². The first-order valence-corrected chi connectivity index (χ1v) is 12.6. The van der Waals surface area contributed by atoms with E-state index in [0.29, 0.717) is 10.9 Å². The highest BCUT2D eigenvalue weighted by atomic mass is 35.5. The number of benzene rings is 1. The van der Waals surface area contributed by atoms with Gasteiger partial charge in [0.2, 0.25) is 0 Å². The second kappa shape index (κ2) is 11.4. The van der Waals surface area contributed by atoms with Crippen LogP contribution in [-0.2, 0) is 12.8 Å². The second-order valence-corrected chi connectivity index (χ2v) is 10.3. The minimum Gasteiger partial charge on any atom is -0.477 e. The highest BCUT2D eigenvalue weighted by Crippen LogP contribution is 2.42. The smallest absolute Gasteiger partial charge is 0.345 e. The quantitative estimate of drug-likeness (QED) is 0.558. The number of aromatic carboxylic acids is 1. The number of nitrogens with zero attached hydrogens (tertiary/aromatic N) is 1. The molecule has 2 N–H and O–H groups in total. The van der Waals surface area contributed by atoms with E-state index < -0.39 is 5.97 Å². The van der Waals surface area contributed by atoms with Gasteiger partial charge in [-0.1, -0.05) is 36.8 Å². The zero-order chi connectivity index (χ0) is 21.4. The molecule has 1 aromatic carbocycles. The fourth-order valence-corrected chi connectivity index (χ4v) is 6.96. The van der Waals surface area contributed by atoms with Gasteiger partial charge in [0.15, 0.2) is 0 Å². The van der Waals surface area contributed by atoms with E-state index in [1.807, 2.05) is 6.07 Å². The first kappa shape index (κ1) is 26.2. The summed E-state index contributed by atoms with van der Waals surface area (Å²) in [4.78, 5) is 16.1. The van der Waals surface area contributed by atoms with Gasteiger partial charge in [0, 0.05) is 24.0 Å². The molecule has 1 aromatic heterocycles. The summed E-state index contributed by atoms with van der Waals surface area (Å²) in [6.45, 7) is 6.88. The van der Waals surface area contributed by atoms with Crippen molar-refractivity contribution >= 4 is 47.7 Å². The number of halogens is 2. The Balaban J connectivity index is 0.00000153. The molecule has 33 heavy (non-hydrogen) atoms. The molecule has 1 aliphatic carbocycles. The minimum absolute atomic E-state index is 0. The lowest BCUT2D eigenvalue weighted by atomic mass is 9.86. The van der Waals surface area contributed by atoms with Crippen molar-refractivity contribution < 1.29 is 9.90 Å². The third kappa shape index (κ3) is 5.18. The van der Waals surface area contributed by atoms with Crippen molar-refractivity contribution in [2.75, 3.05) is 26.2 Å². The average molecular weight is 510 g/mol. The molecule has 5 rings (SSSR count). The summed E-state index contributed by atoms with van der Waals surface area (Å²) in [5.41, 5.74) is 6.76. The maximum Gasteiger partial charge on any atom is 0.345 e. The fraction of sp³-hybridized carbons (Fsp3) is 0.500. The van der Waals surface area contributed by atoms with Crippen LogP contribution in [0.5, 0.6) is 0 Å². The van der Waals surface area contributed by atoms with Crippen LogP contribution in [0.25, 0.3) is 5.57 Å². The third-order valence-corrected chi connectivity index (χ3v) is 8.67. The summed E-state index contributed by atoms with van der Waals surface area (Å²) in [6, 6.07) is 11.4. The van der Waals surface area contributed by atoms with E-state index >= 15 is 0 Å². The highest BCUT2D eigenvalue weighted by molar-refractivity contribution is 7.14. The Labute approximate surface area is 213 Å². The van der Waals surface area contributed by atoms with E-state index in [9.17, 15) is 9.90 Å². The standard InChI is InChI=1S/C26H32N2O2S.2ClH/c1-2-22(19-9-12-27-16-19)28-13-10-18(11-14-28)25-20-6-4-3-5-17(20)7-8-23-21(25)15-24(31-23)26(29)30;;/h3-6,15,19,22,27H,2,7-14,16H2,1H3,(H,29,30);2*1H. The van der Waals surface area contributed by atoms with Gasteiger partial charge >= 0.3 is 5.97 Å². The molecule has 3 heterocycles. The van der Waals surface area contributed by atoms with Crippen molar-refractivity contribution in [2.24, 2.45) is 5.92 Å². The summed E-state index contributed by atoms with van der Waals surface area (Å²) < 4.78 is 0. The Morgan fingerprint density at radius 3 is 2.58 bits per heavy atom. The summed E-state index contributed by atoms with van der Waals surface area (Å²) in [5, 5.41) is 13.1. The third-order valence-electron chi connectivity index (χ3n) is 7.48. The number of fused-ring (bicyclic) bond motifs is 2. The lowest BCUT2D eigenvalue weighted by Crippen LogP contribution is -2.44. The second-order valence-electron chi connectivity index (χ2n) is 9.15. The van der Waals surface area contributed by atoms with Gasteiger partial charge in [-0.3, -0.25) is 4.90 Å². The number of likely N-dealkylation sites (tertiary alicyclic amines) is 1. The Hall–Kier alpha value is -1.37. The van der Waals surface area contributed by atoms with Crippen LogP contribution >= 0.6 is 36.2 Å². The van der Waals surface area contributed by atoms with Crippen LogP contribution in [0.2, 0.25) is 0 Å². The Kier molecular flexibility index (Phi) is 9.04. The number of nitrogens with one attached hydrogen (secondary N) is 1. The zero-order valence-electron chi connectivity index (χ0n) is 19.1. The van der Waals surface area contributed by atoms with E-state index in [4.69, 9.17) is 0 Å². The number of aryl methyl sites for hydroxylation is 2. The normalized spacial score (nSPS) is 21.3. The molecule has 4 nitrogen and oxygen atoms in total. The maximum absolute atomic E-state index is 11.7. The first-order valence-electron chi connectivity index (χ1n) is 11.8. The SMILES string of the molecule is CCC(C1CCNC1)N1CCC(=C2c3ccccc3CCc3sc(C(=O)O)cc32)CC1.Cl.Cl. The lowest BCUT2D eigenvalue weighted by Gasteiger charge is -2.38. The van der Waals surface area contributed by atoms with Crippen molar-refractivity contribution in [1.82, 2.24) is 10.2 Å². The summed E-state index contributed by atoms with van der Waals surface area (Å²) in [5.74, 6) is -0.0269. The molecule has 2 fully saturated rings. The number of carboxylic acid groups (broad SMARTS) is 1. The van der Waals surface area contributed by atoms with Crippen molar-refractivity contribution in [3.8, 4) is 0 Å². The van der Waals surface area contributed by atoms with Gasteiger partial charge in [0.05, 0.1) is 0 Å². The molecular weight excluding hydrogens is 475 g/mol. The number of thiophene rings is 1. The topological polar surface area (TPSA) is 52.6 Å². The molecule has 2 saturated heterocycles. The molecule has 0 radical (unpaired) electrons.